The Hall–Kier alpha value is -1.42. The van der Waals surface area contributed by atoms with Crippen molar-refractivity contribution in [3.63, 3.8) is 0 Å². The summed E-state index contributed by atoms with van der Waals surface area (Å²) in [7, 11) is 0. The number of aliphatic hydroxyl groups excluding tert-OH is 1. The molecule has 0 saturated carbocycles. The topological polar surface area (TPSA) is 59.4 Å². The Morgan fingerprint density at radius 2 is 2.38 bits per heavy atom. The Balaban J connectivity index is 2.82. The number of hydrogen-bond donors (Lipinski definition) is 1. The SMILES string of the molecule is CCOC(=O)c1cncc(CO)c1. The number of aromatic nitrogens is 1. The van der Waals surface area contributed by atoms with Crippen LogP contribution in [0, 0.1) is 0 Å². The third-order valence-electron chi connectivity index (χ3n) is 1.49. The fourth-order valence-electron chi connectivity index (χ4n) is 0.900. The number of aliphatic hydroxyl groups is 1. The van der Waals surface area contributed by atoms with E-state index in [1.165, 1.54) is 12.4 Å². The fourth-order valence-corrected chi connectivity index (χ4v) is 0.900. The summed E-state index contributed by atoms with van der Waals surface area (Å²) >= 11 is 0. The number of carbonyl (C=O) groups excluding carboxylic acids is 1. The number of carbonyl (C=O) groups is 1. The molecule has 0 aliphatic carbocycles. The Bertz CT molecular complexity index is 299. The summed E-state index contributed by atoms with van der Waals surface area (Å²) in [5, 5.41) is 8.78. The number of nitrogens with zero attached hydrogens (tertiary/aromatic N) is 1. The molecule has 13 heavy (non-hydrogen) atoms. The van der Waals surface area contributed by atoms with Gasteiger partial charge in [-0.2, -0.15) is 0 Å². The molecule has 0 bridgehead atoms. The smallest absolute Gasteiger partial charge is 0.339 e. The van der Waals surface area contributed by atoms with Crippen molar-refractivity contribution in [3.8, 4) is 0 Å². The molecule has 1 heterocycles. The molecule has 0 amide bonds. The zero-order chi connectivity index (χ0) is 9.68. The van der Waals surface area contributed by atoms with E-state index in [-0.39, 0.29) is 6.61 Å². The third kappa shape index (κ3) is 2.52. The third-order valence-corrected chi connectivity index (χ3v) is 1.49. The summed E-state index contributed by atoms with van der Waals surface area (Å²) in [5.41, 5.74) is 0.971. The number of rotatable bonds is 3. The van der Waals surface area contributed by atoms with Gasteiger partial charge in [-0.1, -0.05) is 0 Å². The molecule has 0 unspecified atom stereocenters. The molecule has 1 rings (SSSR count). The first-order valence-corrected chi connectivity index (χ1v) is 3.99. The molecule has 0 saturated heterocycles. The second kappa shape index (κ2) is 4.57. The van der Waals surface area contributed by atoms with Crippen molar-refractivity contribution in [1.29, 1.82) is 0 Å². The van der Waals surface area contributed by atoms with Crippen LogP contribution in [0.3, 0.4) is 0 Å². The van der Waals surface area contributed by atoms with Crippen LogP contribution in [0.25, 0.3) is 0 Å². The summed E-state index contributed by atoms with van der Waals surface area (Å²) in [6.07, 6.45) is 2.92. The second-order valence-corrected chi connectivity index (χ2v) is 2.46. The summed E-state index contributed by atoms with van der Waals surface area (Å²) in [5.74, 6) is -0.412. The van der Waals surface area contributed by atoms with E-state index in [0.29, 0.717) is 17.7 Å². The molecule has 70 valence electrons. The highest BCUT2D eigenvalue weighted by atomic mass is 16.5. The first kappa shape index (κ1) is 9.67. The molecule has 0 aliphatic heterocycles. The number of ether oxygens (including phenoxy) is 1. The lowest BCUT2D eigenvalue weighted by atomic mass is 10.2. The zero-order valence-corrected chi connectivity index (χ0v) is 7.36. The standard InChI is InChI=1S/C9H11NO3/c1-2-13-9(12)8-3-7(6-11)4-10-5-8/h3-5,11H,2,6H2,1H3. The predicted molar refractivity (Wildman–Crippen MR) is 46.1 cm³/mol. The molecule has 0 aliphatic rings. The maximum atomic E-state index is 11.2. The summed E-state index contributed by atoms with van der Waals surface area (Å²) in [4.78, 5) is 15.0. The molecule has 0 radical (unpaired) electrons. The van der Waals surface area contributed by atoms with Gasteiger partial charge >= 0.3 is 5.97 Å². The molecular weight excluding hydrogens is 170 g/mol. The van der Waals surface area contributed by atoms with Crippen LogP contribution in [-0.4, -0.2) is 22.7 Å². The van der Waals surface area contributed by atoms with Gasteiger partial charge in [-0.3, -0.25) is 4.98 Å². The van der Waals surface area contributed by atoms with Gasteiger partial charge in [0.25, 0.3) is 0 Å². The van der Waals surface area contributed by atoms with Gasteiger partial charge in [-0.05, 0) is 18.6 Å². The highest BCUT2D eigenvalue weighted by Crippen LogP contribution is 2.04. The van der Waals surface area contributed by atoms with E-state index >= 15 is 0 Å². The lowest BCUT2D eigenvalue weighted by Gasteiger charge is -2.01. The Morgan fingerprint density at radius 3 is 3.00 bits per heavy atom. The quantitative estimate of drug-likeness (QED) is 0.699. The zero-order valence-electron chi connectivity index (χ0n) is 7.36. The van der Waals surface area contributed by atoms with Crippen LogP contribution in [0.4, 0.5) is 0 Å². The lowest BCUT2D eigenvalue weighted by Crippen LogP contribution is -2.05. The number of hydrogen-bond acceptors (Lipinski definition) is 4. The van der Waals surface area contributed by atoms with E-state index in [1.54, 1.807) is 13.0 Å². The van der Waals surface area contributed by atoms with Gasteiger partial charge in [-0.25, -0.2) is 4.79 Å². The Kier molecular flexibility index (Phi) is 3.40. The van der Waals surface area contributed by atoms with Crippen molar-refractivity contribution in [2.24, 2.45) is 0 Å². The van der Waals surface area contributed by atoms with Crippen molar-refractivity contribution in [2.75, 3.05) is 6.61 Å². The maximum Gasteiger partial charge on any atom is 0.339 e. The highest BCUT2D eigenvalue weighted by Gasteiger charge is 2.06. The Labute approximate surface area is 76.2 Å². The van der Waals surface area contributed by atoms with Crippen LogP contribution < -0.4 is 0 Å². The van der Waals surface area contributed by atoms with Crippen LogP contribution >= 0.6 is 0 Å². The van der Waals surface area contributed by atoms with Gasteiger partial charge in [0.15, 0.2) is 0 Å². The van der Waals surface area contributed by atoms with Gasteiger partial charge in [0.2, 0.25) is 0 Å². The minimum atomic E-state index is -0.412. The van der Waals surface area contributed by atoms with Crippen LogP contribution in [0.5, 0.6) is 0 Å². The van der Waals surface area contributed by atoms with Crippen LogP contribution in [0.2, 0.25) is 0 Å². The van der Waals surface area contributed by atoms with Crippen LogP contribution in [0.1, 0.15) is 22.8 Å². The van der Waals surface area contributed by atoms with E-state index in [9.17, 15) is 4.79 Å². The average molecular weight is 181 g/mol. The fraction of sp³-hybridized carbons (Fsp3) is 0.333. The van der Waals surface area contributed by atoms with Crippen molar-refractivity contribution in [2.45, 2.75) is 13.5 Å². The number of pyridine rings is 1. The summed E-state index contributed by atoms with van der Waals surface area (Å²) in [6.45, 7) is 1.95. The summed E-state index contributed by atoms with van der Waals surface area (Å²) in [6, 6.07) is 1.56. The minimum Gasteiger partial charge on any atom is -0.462 e. The molecule has 4 heteroatoms. The van der Waals surface area contributed by atoms with Crippen molar-refractivity contribution < 1.29 is 14.6 Å². The van der Waals surface area contributed by atoms with E-state index < -0.39 is 5.97 Å². The first-order chi connectivity index (χ1) is 6.27. The van der Waals surface area contributed by atoms with Gasteiger partial charge in [0.05, 0.1) is 18.8 Å². The Morgan fingerprint density at radius 1 is 1.62 bits per heavy atom. The van der Waals surface area contributed by atoms with Crippen LogP contribution in [-0.2, 0) is 11.3 Å². The second-order valence-electron chi connectivity index (χ2n) is 2.46. The number of esters is 1. The molecule has 0 fully saturated rings. The minimum absolute atomic E-state index is 0.125. The largest absolute Gasteiger partial charge is 0.462 e. The lowest BCUT2D eigenvalue weighted by molar-refractivity contribution is 0.0525. The molecule has 1 N–H and O–H groups in total. The molecule has 4 nitrogen and oxygen atoms in total. The summed E-state index contributed by atoms with van der Waals surface area (Å²) < 4.78 is 4.77. The normalized spacial score (nSPS) is 9.69. The average Bonchev–Trinajstić information content (AvgIpc) is 2.18. The van der Waals surface area contributed by atoms with Gasteiger partial charge < -0.3 is 9.84 Å². The van der Waals surface area contributed by atoms with Crippen molar-refractivity contribution >= 4 is 5.97 Å². The van der Waals surface area contributed by atoms with Crippen LogP contribution in [0.15, 0.2) is 18.5 Å². The van der Waals surface area contributed by atoms with E-state index in [4.69, 9.17) is 9.84 Å². The van der Waals surface area contributed by atoms with E-state index in [2.05, 4.69) is 4.98 Å². The van der Waals surface area contributed by atoms with Gasteiger partial charge in [0.1, 0.15) is 0 Å². The molecule has 0 atom stereocenters. The van der Waals surface area contributed by atoms with E-state index in [0.717, 1.165) is 0 Å². The molecule has 1 aromatic rings. The molecule has 0 spiro atoms. The highest BCUT2D eigenvalue weighted by molar-refractivity contribution is 5.89. The first-order valence-electron chi connectivity index (χ1n) is 3.99. The molecule has 1 aromatic heterocycles. The molecular formula is C9H11NO3. The van der Waals surface area contributed by atoms with Gasteiger partial charge in [-0.15, -0.1) is 0 Å². The molecule has 0 aromatic carbocycles. The van der Waals surface area contributed by atoms with E-state index in [1.807, 2.05) is 0 Å². The van der Waals surface area contributed by atoms with Crippen molar-refractivity contribution in [3.05, 3.63) is 29.6 Å². The van der Waals surface area contributed by atoms with Gasteiger partial charge in [0, 0.05) is 12.4 Å². The predicted octanol–water partition coefficient (Wildman–Crippen LogP) is 0.751. The maximum absolute atomic E-state index is 11.2. The van der Waals surface area contributed by atoms with Crippen molar-refractivity contribution in [1.82, 2.24) is 4.98 Å². The monoisotopic (exact) mass is 181 g/mol.